The maximum absolute atomic E-state index is 13.4. The van der Waals surface area contributed by atoms with Crippen molar-refractivity contribution in [1.29, 1.82) is 10.5 Å². The highest BCUT2D eigenvalue weighted by Gasteiger charge is 2.09. The Morgan fingerprint density at radius 2 is 1.94 bits per heavy atom. The fourth-order valence-corrected chi connectivity index (χ4v) is 1.48. The first kappa shape index (κ1) is 11.6. The van der Waals surface area contributed by atoms with Crippen LogP contribution in [0.5, 0.6) is 0 Å². The van der Waals surface area contributed by atoms with Gasteiger partial charge in [0.15, 0.2) is 0 Å². The van der Waals surface area contributed by atoms with Gasteiger partial charge >= 0.3 is 0 Å². The second-order valence-corrected chi connectivity index (χ2v) is 3.43. The zero-order valence-electron chi connectivity index (χ0n) is 9.18. The van der Waals surface area contributed by atoms with Gasteiger partial charge in [-0.2, -0.15) is 10.5 Å². The van der Waals surface area contributed by atoms with Crippen molar-refractivity contribution in [1.82, 2.24) is 4.98 Å². The van der Waals surface area contributed by atoms with E-state index < -0.39 is 5.82 Å². The van der Waals surface area contributed by atoms with Crippen molar-refractivity contribution in [3.63, 3.8) is 0 Å². The molecule has 0 spiro atoms. The molecule has 2 aromatic rings. The van der Waals surface area contributed by atoms with Crippen molar-refractivity contribution < 1.29 is 4.39 Å². The molecule has 0 saturated heterocycles. The van der Waals surface area contributed by atoms with E-state index in [1.54, 1.807) is 12.1 Å². The largest absolute Gasteiger partial charge is 0.352 e. The lowest BCUT2D eigenvalue weighted by atomic mass is 10.1. The predicted molar refractivity (Wildman–Crippen MR) is 63.3 cm³/mol. The van der Waals surface area contributed by atoms with Crippen molar-refractivity contribution >= 4 is 11.4 Å². The standard InChI is InChI=1S/C13H7FN4/c14-11-2-1-3-12(10(11)7-16)18-13-8-17-5-4-9(13)6-15/h1-5,8,18H. The molecule has 0 aliphatic heterocycles. The second kappa shape index (κ2) is 4.94. The van der Waals surface area contributed by atoms with E-state index in [0.29, 0.717) is 16.9 Å². The molecule has 2 rings (SSSR count). The molecule has 1 aromatic carbocycles. The Balaban J connectivity index is 2.45. The van der Waals surface area contributed by atoms with E-state index in [0.717, 1.165) is 0 Å². The second-order valence-electron chi connectivity index (χ2n) is 3.43. The zero-order valence-corrected chi connectivity index (χ0v) is 9.18. The number of hydrogen-bond acceptors (Lipinski definition) is 4. The molecule has 1 heterocycles. The highest BCUT2D eigenvalue weighted by atomic mass is 19.1. The molecule has 4 nitrogen and oxygen atoms in total. The van der Waals surface area contributed by atoms with Crippen LogP contribution in [-0.2, 0) is 0 Å². The van der Waals surface area contributed by atoms with Gasteiger partial charge in [-0.3, -0.25) is 4.98 Å². The molecule has 0 aliphatic carbocycles. The van der Waals surface area contributed by atoms with E-state index in [1.807, 2.05) is 6.07 Å². The van der Waals surface area contributed by atoms with Crippen LogP contribution < -0.4 is 5.32 Å². The van der Waals surface area contributed by atoms with Crippen molar-refractivity contribution in [2.45, 2.75) is 0 Å². The van der Waals surface area contributed by atoms with E-state index in [-0.39, 0.29) is 5.56 Å². The molecule has 0 bridgehead atoms. The van der Waals surface area contributed by atoms with Crippen molar-refractivity contribution in [2.24, 2.45) is 0 Å². The van der Waals surface area contributed by atoms with Crippen LogP contribution in [0.25, 0.3) is 0 Å². The average molecular weight is 238 g/mol. The Hall–Kier alpha value is -2.92. The lowest BCUT2D eigenvalue weighted by Crippen LogP contribution is -1.98. The van der Waals surface area contributed by atoms with Crippen LogP contribution in [0.3, 0.4) is 0 Å². The van der Waals surface area contributed by atoms with Crippen LogP contribution in [0.2, 0.25) is 0 Å². The summed E-state index contributed by atoms with van der Waals surface area (Å²) in [6.07, 6.45) is 2.94. The summed E-state index contributed by atoms with van der Waals surface area (Å²) in [5, 5.41) is 20.7. The molecule has 5 heteroatoms. The fourth-order valence-electron chi connectivity index (χ4n) is 1.48. The average Bonchev–Trinajstić information content (AvgIpc) is 2.40. The first-order valence-corrected chi connectivity index (χ1v) is 5.06. The van der Waals surface area contributed by atoms with Gasteiger partial charge in [0, 0.05) is 6.20 Å². The Morgan fingerprint density at radius 3 is 2.67 bits per heavy atom. The number of benzene rings is 1. The van der Waals surface area contributed by atoms with Gasteiger partial charge in [0.1, 0.15) is 23.5 Å². The molecule has 0 unspecified atom stereocenters. The summed E-state index contributed by atoms with van der Waals surface area (Å²) in [5.74, 6) is -0.607. The molecule has 0 atom stereocenters. The SMILES string of the molecule is N#Cc1ccncc1Nc1cccc(F)c1C#N. The minimum atomic E-state index is -0.607. The molecule has 86 valence electrons. The molecule has 0 aliphatic rings. The lowest BCUT2D eigenvalue weighted by Gasteiger charge is -2.09. The van der Waals surface area contributed by atoms with Crippen LogP contribution in [-0.4, -0.2) is 4.98 Å². The Morgan fingerprint density at radius 1 is 1.11 bits per heavy atom. The summed E-state index contributed by atoms with van der Waals surface area (Å²) in [6.45, 7) is 0. The number of nitrogens with one attached hydrogen (secondary N) is 1. The van der Waals surface area contributed by atoms with E-state index in [2.05, 4.69) is 10.3 Å². The summed E-state index contributed by atoms with van der Waals surface area (Å²) in [7, 11) is 0. The number of halogens is 1. The quantitative estimate of drug-likeness (QED) is 0.872. The van der Waals surface area contributed by atoms with Crippen LogP contribution >= 0.6 is 0 Å². The van der Waals surface area contributed by atoms with Gasteiger partial charge in [0.2, 0.25) is 0 Å². The number of nitrogens with zero attached hydrogens (tertiary/aromatic N) is 3. The maximum Gasteiger partial charge on any atom is 0.143 e. The smallest absolute Gasteiger partial charge is 0.143 e. The number of pyridine rings is 1. The van der Waals surface area contributed by atoms with Crippen LogP contribution in [0.15, 0.2) is 36.7 Å². The van der Waals surface area contributed by atoms with Crippen LogP contribution in [0.4, 0.5) is 15.8 Å². The number of hydrogen-bond donors (Lipinski definition) is 1. The van der Waals surface area contributed by atoms with Crippen LogP contribution in [0.1, 0.15) is 11.1 Å². The Kier molecular flexibility index (Phi) is 3.17. The molecule has 0 amide bonds. The molecule has 0 fully saturated rings. The third kappa shape index (κ3) is 2.11. The summed E-state index contributed by atoms with van der Waals surface area (Å²) in [6, 6.07) is 9.56. The third-order valence-electron chi connectivity index (χ3n) is 2.34. The normalized spacial score (nSPS) is 9.28. The van der Waals surface area contributed by atoms with Gasteiger partial charge in [0.25, 0.3) is 0 Å². The lowest BCUT2D eigenvalue weighted by molar-refractivity contribution is 0.624. The summed E-state index contributed by atoms with van der Waals surface area (Å²) in [4.78, 5) is 3.88. The molecule has 1 aromatic heterocycles. The highest BCUT2D eigenvalue weighted by Crippen LogP contribution is 2.23. The number of aromatic nitrogens is 1. The molecular weight excluding hydrogens is 231 g/mol. The van der Waals surface area contributed by atoms with Gasteiger partial charge in [0.05, 0.1) is 23.1 Å². The fraction of sp³-hybridized carbons (Fsp3) is 0. The number of nitriles is 2. The van der Waals surface area contributed by atoms with E-state index >= 15 is 0 Å². The minimum absolute atomic E-state index is 0.0924. The topological polar surface area (TPSA) is 72.5 Å². The number of rotatable bonds is 2. The third-order valence-corrected chi connectivity index (χ3v) is 2.34. The zero-order chi connectivity index (χ0) is 13.0. The highest BCUT2D eigenvalue weighted by molar-refractivity contribution is 5.70. The summed E-state index contributed by atoms with van der Waals surface area (Å²) < 4.78 is 13.4. The van der Waals surface area contributed by atoms with Gasteiger partial charge in [-0.1, -0.05) is 6.07 Å². The van der Waals surface area contributed by atoms with Crippen LogP contribution in [0, 0.1) is 28.5 Å². The minimum Gasteiger partial charge on any atom is -0.352 e. The van der Waals surface area contributed by atoms with Crippen molar-refractivity contribution in [2.75, 3.05) is 5.32 Å². The predicted octanol–water partition coefficient (Wildman–Crippen LogP) is 2.71. The van der Waals surface area contributed by atoms with Crippen molar-refractivity contribution in [3.8, 4) is 12.1 Å². The van der Waals surface area contributed by atoms with Gasteiger partial charge < -0.3 is 5.32 Å². The van der Waals surface area contributed by atoms with E-state index in [9.17, 15) is 4.39 Å². The number of anilines is 2. The molecule has 1 N–H and O–H groups in total. The molecular formula is C13H7FN4. The van der Waals surface area contributed by atoms with Crippen molar-refractivity contribution in [3.05, 3.63) is 53.6 Å². The monoisotopic (exact) mass is 238 g/mol. The Bertz CT molecular complexity index is 667. The van der Waals surface area contributed by atoms with Gasteiger partial charge in [-0.05, 0) is 18.2 Å². The Labute approximate surface area is 103 Å². The van der Waals surface area contributed by atoms with Gasteiger partial charge in [-0.15, -0.1) is 0 Å². The summed E-state index contributed by atoms with van der Waals surface area (Å²) in [5.41, 5.74) is 1.02. The maximum atomic E-state index is 13.4. The molecule has 18 heavy (non-hydrogen) atoms. The van der Waals surface area contributed by atoms with E-state index in [4.69, 9.17) is 10.5 Å². The summed E-state index contributed by atoms with van der Waals surface area (Å²) >= 11 is 0. The molecule has 0 saturated carbocycles. The van der Waals surface area contributed by atoms with E-state index in [1.165, 1.54) is 30.6 Å². The first-order chi connectivity index (χ1) is 8.76. The first-order valence-electron chi connectivity index (χ1n) is 5.06. The molecule has 0 radical (unpaired) electrons. The van der Waals surface area contributed by atoms with Gasteiger partial charge in [-0.25, -0.2) is 4.39 Å².